The molecule has 1 aliphatic rings. The number of ether oxygens (including phenoxy) is 1. The van der Waals surface area contributed by atoms with Crippen LogP contribution in [0, 0.1) is 0 Å². The fourth-order valence-electron chi connectivity index (χ4n) is 3.04. The van der Waals surface area contributed by atoms with Gasteiger partial charge in [-0.2, -0.15) is 0 Å². The Morgan fingerprint density at radius 1 is 1.25 bits per heavy atom. The fraction of sp³-hybridized carbons (Fsp3) is 0.476. The van der Waals surface area contributed by atoms with Crippen molar-refractivity contribution < 1.29 is 14.6 Å². The lowest BCUT2D eigenvalue weighted by Crippen LogP contribution is -2.42. The highest BCUT2D eigenvalue weighted by molar-refractivity contribution is 5.85. The Morgan fingerprint density at radius 3 is 2.58 bits per heavy atom. The molecular weight excluding hydrogens is 300 g/mol. The molecule has 0 saturated carbocycles. The van der Waals surface area contributed by atoms with Crippen molar-refractivity contribution >= 4 is 11.5 Å². The summed E-state index contributed by atoms with van der Waals surface area (Å²) in [7, 11) is 0. The van der Waals surface area contributed by atoms with Gasteiger partial charge in [-0.25, -0.2) is 4.79 Å². The smallest absolute Gasteiger partial charge is 0.340 e. The normalized spacial score (nSPS) is 21.3. The molecular formula is C21H28O3. The second-order valence-electron chi connectivity index (χ2n) is 6.54. The molecule has 2 rings (SSSR count). The SMILES string of the molecule is CCCCCCC(C)OC1(C(=O)O)C=CC(c2ccccc2)=CC1. The maximum Gasteiger partial charge on any atom is 0.340 e. The van der Waals surface area contributed by atoms with Gasteiger partial charge in [0.05, 0.1) is 6.10 Å². The minimum absolute atomic E-state index is 0.0609. The molecule has 0 bridgehead atoms. The Morgan fingerprint density at radius 2 is 2.00 bits per heavy atom. The van der Waals surface area contributed by atoms with Crippen molar-refractivity contribution in [1.82, 2.24) is 0 Å². The third-order valence-electron chi connectivity index (χ3n) is 4.50. The van der Waals surface area contributed by atoms with Crippen molar-refractivity contribution in [2.45, 2.75) is 64.1 Å². The molecule has 0 fully saturated rings. The van der Waals surface area contributed by atoms with E-state index < -0.39 is 11.6 Å². The number of hydrogen-bond donors (Lipinski definition) is 1. The number of carboxylic acid groups (broad SMARTS) is 1. The lowest BCUT2D eigenvalue weighted by Gasteiger charge is -2.31. The molecule has 0 aliphatic heterocycles. The zero-order valence-corrected chi connectivity index (χ0v) is 14.7. The van der Waals surface area contributed by atoms with Crippen LogP contribution in [-0.2, 0) is 9.53 Å². The number of aliphatic carboxylic acids is 1. The molecule has 0 spiro atoms. The Labute approximate surface area is 145 Å². The van der Waals surface area contributed by atoms with Gasteiger partial charge in [0, 0.05) is 6.42 Å². The van der Waals surface area contributed by atoms with Crippen LogP contribution in [0.3, 0.4) is 0 Å². The summed E-state index contributed by atoms with van der Waals surface area (Å²) >= 11 is 0. The summed E-state index contributed by atoms with van der Waals surface area (Å²) in [5, 5.41) is 9.70. The summed E-state index contributed by atoms with van der Waals surface area (Å²) in [6.45, 7) is 4.16. The van der Waals surface area contributed by atoms with E-state index in [2.05, 4.69) is 6.92 Å². The van der Waals surface area contributed by atoms with Gasteiger partial charge in [-0.3, -0.25) is 0 Å². The van der Waals surface area contributed by atoms with Crippen LogP contribution in [0.2, 0.25) is 0 Å². The van der Waals surface area contributed by atoms with Crippen LogP contribution < -0.4 is 0 Å². The molecule has 0 radical (unpaired) electrons. The second-order valence-corrected chi connectivity index (χ2v) is 6.54. The largest absolute Gasteiger partial charge is 0.479 e. The predicted octanol–water partition coefficient (Wildman–Crippen LogP) is 5.23. The van der Waals surface area contributed by atoms with Crippen LogP contribution in [0.1, 0.15) is 57.9 Å². The molecule has 2 atom stereocenters. The first-order valence-electron chi connectivity index (χ1n) is 8.93. The van der Waals surface area contributed by atoms with E-state index in [0.29, 0.717) is 6.42 Å². The molecule has 130 valence electrons. The van der Waals surface area contributed by atoms with E-state index >= 15 is 0 Å². The fourth-order valence-corrected chi connectivity index (χ4v) is 3.04. The highest BCUT2D eigenvalue weighted by Gasteiger charge is 2.39. The number of benzene rings is 1. The van der Waals surface area contributed by atoms with Crippen LogP contribution in [0.25, 0.3) is 5.57 Å². The summed E-state index contributed by atoms with van der Waals surface area (Å²) in [6, 6.07) is 10.00. The van der Waals surface area contributed by atoms with Crippen molar-refractivity contribution in [2.24, 2.45) is 0 Å². The predicted molar refractivity (Wildman–Crippen MR) is 97.8 cm³/mol. The Kier molecular flexibility index (Phi) is 6.80. The average Bonchev–Trinajstić information content (AvgIpc) is 2.60. The van der Waals surface area contributed by atoms with Crippen LogP contribution >= 0.6 is 0 Å². The van der Waals surface area contributed by atoms with Crippen molar-refractivity contribution in [3.63, 3.8) is 0 Å². The molecule has 1 aromatic rings. The number of carbonyl (C=O) groups is 1. The van der Waals surface area contributed by atoms with Crippen LogP contribution in [0.5, 0.6) is 0 Å². The van der Waals surface area contributed by atoms with Gasteiger partial charge in [0.15, 0.2) is 5.60 Å². The molecule has 0 amide bonds. The molecule has 0 aromatic heterocycles. The highest BCUT2D eigenvalue weighted by atomic mass is 16.5. The van der Waals surface area contributed by atoms with Crippen molar-refractivity contribution in [2.75, 3.05) is 0 Å². The quantitative estimate of drug-likeness (QED) is 0.631. The van der Waals surface area contributed by atoms with Crippen molar-refractivity contribution in [3.8, 4) is 0 Å². The summed E-state index contributed by atoms with van der Waals surface area (Å²) in [6.07, 6.45) is 11.4. The molecule has 24 heavy (non-hydrogen) atoms. The molecule has 0 saturated heterocycles. The molecule has 0 heterocycles. The summed E-state index contributed by atoms with van der Waals surface area (Å²) in [5.74, 6) is -0.914. The zero-order chi connectivity index (χ0) is 17.4. The maximum atomic E-state index is 11.8. The topological polar surface area (TPSA) is 46.5 Å². The van der Waals surface area contributed by atoms with E-state index in [9.17, 15) is 9.90 Å². The van der Waals surface area contributed by atoms with Gasteiger partial charge < -0.3 is 9.84 Å². The molecule has 1 aliphatic carbocycles. The maximum absolute atomic E-state index is 11.8. The van der Waals surface area contributed by atoms with Gasteiger partial charge in [0.2, 0.25) is 0 Å². The Hall–Kier alpha value is -1.87. The number of carboxylic acids is 1. The third kappa shape index (κ3) is 4.81. The van der Waals surface area contributed by atoms with Gasteiger partial charge in [0.25, 0.3) is 0 Å². The van der Waals surface area contributed by atoms with E-state index in [-0.39, 0.29) is 6.10 Å². The lowest BCUT2D eigenvalue weighted by atomic mass is 9.89. The molecule has 2 unspecified atom stereocenters. The summed E-state index contributed by atoms with van der Waals surface area (Å²) in [5.41, 5.74) is 0.912. The number of allylic oxidation sites excluding steroid dienone is 2. The summed E-state index contributed by atoms with van der Waals surface area (Å²) in [4.78, 5) is 11.8. The standard InChI is InChI=1S/C21H28O3/c1-3-4-5-7-10-17(2)24-21(20(22)23)15-13-19(14-16-21)18-11-8-6-9-12-18/h6,8-9,11-15,17H,3-5,7,10,16H2,1-2H3,(H,22,23). The molecule has 1 aromatic carbocycles. The van der Waals surface area contributed by atoms with Crippen LogP contribution in [0.4, 0.5) is 0 Å². The first-order chi connectivity index (χ1) is 11.6. The second kappa shape index (κ2) is 8.84. The van der Waals surface area contributed by atoms with E-state index in [1.807, 2.05) is 49.4 Å². The number of hydrogen-bond acceptors (Lipinski definition) is 2. The van der Waals surface area contributed by atoms with Crippen LogP contribution in [-0.4, -0.2) is 22.8 Å². The Bertz CT molecular complexity index is 588. The van der Waals surface area contributed by atoms with Crippen LogP contribution in [0.15, 0.2) is 48.6 Å². The first-order valence-corrected chi connectivity index (χ1v) is 8.93. The first kappa shape index (κ1) is 18.5. The Balaban J connectivity index is 1.99. The molecule has 1 N–H and O–H groups in total. The van der Waals surface area contributed by atoms with E-state index in [1.165, 1.54) is 19.3 Å². The van der Waals surface area contributed by atoms with Gasteiger partial charge in [0.1, 0.15) is 0 Å². The van der Waals surface area contributed by atoms with E-state index in [0.717, 1.165) is 24.0 Å². The van der Waals surface area contributed by atoms with E-state index in [1.54, 1.807) is 6.08 Å². The monoisotopic (exact) mass is 328 g/mol. The minimum Gasteiger partial charge on any atom is -0.479 e. The van der Waals surface area contributed by atoms with Gasteiger partial charge in [-0.15, -0.1) is 0 Å². The minimum atomic E-state index is -1.23. The van der Waals surface area contributed by atoms with Gasteiger partial charge >= 0.3 is 5.97 Å². The van der Waals surface area contributed by atoms with Gasteiger partial charge in [-0.1, -0.05) is 75.1 Å². The van der Waals surface area contributed by atoms with Crippen molar-refractivity contribution in [1.29, 1.82) is 0 Å². The third-order valence-corrected chi connectivity index (χ3v) is 4.50. The number of unbranched alkanes of at least 4 members (excludes halogenated alkanes) is 3. The van der Waals surface area contributed by atoms with Gasteiger partial charge in [-0.05, 0) is 30.6 Å². The lowest BCUT2D eigenvalue weighted by molar-refractivity contribution is -0.164. The van der Waals surface area contributed by atoms with E-state index in [4.69, 9.17) is 4.74 Å². The molecule has 3 heteroatoms. The summed E-state index contributed by atoms with van der Waals surface area (Å²) < 4.78 is 5.97. The molecule has 3 nitrogen and oxygen atoms in total. The highest BCUT2D eigenvalue weighted by Crippen LogP contribution is 2.31. The zero-order valence-electron chi connectivity index (χ0n) is 14.7. The average molecular weight is 328 g/mol. The number of rotatable bonds is 9. The van der Waals surface area contributed by atoms with Crippen molar-refractivity contribution in [3.05, 3.63) is 54.1 Å².